The lowest BCUT2D eigenvalue weighted by Crippen LogP contribution is -2.19. The van der Waals surface area contributed by atoms with Crippen molar-refractivity contribution in [3.05, 3.63) is 59.7 Å². The van der Waals surface area contributed by atoms with E-state index in [9.17, 15) is 5.11 Å². The van der Waals surface area contributed by atoms with Crippen LogP contribution in [0.1, 0.15) is 29.8 Å². The molecule has 0 bridgehead atoms. The van der Waals surface area contributed by atoms with Crippen molar-refractivity contribution in [3.8, 4) is 23.0 Å². The van der Waals surface area contributed by atoms with Crippen LogP contribution in [0.4, 0.5) is 0 Å². The summed E-state index contributed by atoms with van der Waals surface area (Å²) in [4.78, 5) is 0. The maximum absolute atomic E-state index is 10.7. The first-order valence-electron chi connectivity index (χ1n) is 8.82. The molecule has 0 amide bonds. The van der Waals surface area contributed by atoms with E-state index in [4.69, 9.17) is 18.9 Å². The topological polar surface area (TPSA) is 57.2 Å². The summed E-state index contributed by atoms with van der Waals surface area (Å²) in [5, 5.41) is 12.8. The summed E-state index contributed by atoms with van der Waals surface area (Å²) in [5.41, 5.74) is 1.68. The molecule has 1 aliphatic heterocycles. The molecule has 0 radical (unpaired) electrons. The van der Waals surface area contributed by atoms with Gasteiger partial charge in [0.25, 0.3) is 0 Å². The fraction of sp³-hybridized carbons (Fsp3) is 0.273. The summed E-state index contributed by atoms with van der Waals surface area (Å²) in [5.74, 6) is 2.39. The molecule has 140 valence electrons. The first-order chi connectivity index (χ1) is 13.2. The van der Waals surface area contributed by atoms with Gasteiger partial charge in [-0.25, -0.2) is 0 Å². The van der Waals surface area contributed by atoms with Crippen LogP contribution in [0.15, 0.2) is 48.5 Å². The van der Waals surface area contributed by atoms with Crippen LogP contribution in [0.5, 0.6) is 23.0 Å². The molecule has 0 saturated carbocycles. The molecular weight excluding hydrogens is 344 g/mol. The number of hydrogen-bond donors (Lipinski definition) is 1. The van der Waals surface area contributed by atoms with Gasteiger partial charge in [0.1, 0.15) is 11.9 Å². The highest BCUT2D eigenvalue weighted by Gasteiger charge is 2.30. The summed E-state index contributed by atoms with van der Waals surface area (Å²) in [7, 11) is 4.74. The summed E-state index contributed by atoms with van der Waals surface area (Å²) in [6, 6.07) is 15.7. The minimum atomic E-state index is -0.609. The van der Waals surface area contributed by atoms with E-state index in [2.05, 4.69) is 0 Å². The van der Waals surface area contributed by atoms with Crippen molar-refractivity contribution in [1.82, 2.24) is 0 Å². The van der Waals surface area contributed by atoms with Gasteiger partial charge in [-0.1, -0.05) is 36.4 Å². The predicted octanol–water partition coefficient (Wildman–Crippen LogP) is 4.42. The zero-order valence-corrected chi connectivity index (χ0v) is 15.6. The molecule has 3 aromatic rings. The van der Waals surface area contributed by atoms with Gasteiger partial charge in [0.15, 0.2) is 11.5 Å². The van der Waals surface area contributed by atoms with E-state index in [1.54, 1.807) is 21.3 Å². The third-order valence-electron chi connectivity index (χ3n) is 5.03. The molecule has 2 atom stereocenters. The molecule has 1 unspecified atom stereocenters. The summed E-state index contributed by atoms with van der Waals surface area (Å²) in [6.07, 6.45) is -0.487. The van der Waals surface area contributed by atoms with E-state index in [-0.39, 0.29) is 6.10 Å². The minimum Gasteiger partial charge on any atom is -0.493 e. The highest BCUT2D eigenvalue weighted by Crippen LogP contribution is 2.47. The van der Waals surface area contributed by atoms with Crippen LogP contribution in [0.3, 0.4) is 0 Å². The van der Waals surface area contributed by atoms with Crippen molar-refractivity contribution in [1.29, 1.82) is 0 Å². The van der Waals surface area contributed by atoms with Crippen LogP contribution in [0.2, 0.25) is 0 Å². The van der Waals surface area contributed by atoms with E-state index >= 15 is 0 Å². The highest BCUT2D eigenvalue weighted by molar-refractivity contribution is 5.90. The standard InChI is InChI=1S/C22H22O5/c1-24-19-10-14(11-20(25-2)22(19)26-3)18-12-17(23)16-9-8-13-6-4-5-7-15(13)21(16)27-18/h4-11,17-18,23H,12H2,1-3H3/t17?,18-/m0/s1. The molecule has 4 rings (SSSR count). The average molecular weight is 366 g/mol. The molecule has 5 heteroatoms. The molecule has 0 aromatic heterocycles. The van der Waals surface area contributed by atoms with Gasteiger partial charge in [0, 0.05) is 22.9 Å². The van der Waals surface area contributed by atoms with Gasteiger partial charge < -0.3 is 24.1 Å². The first kappa shape index (κ1) is 17.5. The van der Waals surface area contributed by atoms with Gasteiger partial charge in [-0.15, -0.1) is 0 Å². The van der Waals surface area contributed by atoms with Gasteiger partial charge in [0.05, 0.1) is 27.4 Å². The molecule has 0 fully saturated rings. The third kappa shape index (κ3) is 2.94. The fourth-order valence-electron chi connectivity index (χ4n) is 3.67. The monoisotopic (exact) mass is 366 g/mol. The van der Waals surface area contributed by atoms with Crippen molar-refractivity contribution in [2.75, 3.05) is 21.3 Å². The lowest BCUT2D eigenvalue weighted by Gasteiger charge is -2.31. The lowest BCUT2D eigenvalue weighted by molar-refractivity contribution is 0.0669. The number of benzene rings is 3. The molecule has 5 nitrogen and oxygen atoms in total. The molecule has 1 aliphatic rings. The van der Waals surface area contributed by atoms with Gasteiger partial charge in [-0.2, -0.15) is 0 Å². The van der Waals surface area contributed by atoms with E-state index in [1.165, 1.54) is 0 Å². The Hall–Kier alpha value is -2.92. The van der Waals surface area contributed by atoms with Crippen molar-refractivity contribution >= 4 is 10.8 Å². The molecule has 27 heavy (non-hydrogen) atoms. The quantitative estimate of drug-likeness (QED) is 0.741. The van der Waals surface area contributed by atoms with Crippen molar-refractivity contribution in [2.24, 2.45) is 0 Å². The number of hydrogen-bond acceptors (Lipinski definition) is 5. The highest BCUT2D eigenvalue weighted by atomic mass is 16.5. The van der Waals surface area contributed by atoms with Crippen LogP contribution in [-0.2, 0) is 0 Å². The molecule has 1 N–H and O–H groups in total. The lowest BCUT2D eigenvalue weighted by atomic mass is 9.92. The second-order valence-electron chi connectivity index (χ2n) is 6.52. The van der Waals surface area contributed by atoms with Gasteiger partial charge in [-0.3, -0.25) is 0 Å². The Balaban J connectivity index is 1.80. The van der Waals surface area contributed by atoms with Crippen molar-refractivity contribution in [2.45, 2.75) is 18.6 Å². The smallest absolute Gasteiger partial charge is 0.203 e. The van der Waals surface area contributed by atoms with E-state index in [0.717, 1.165) is 27.6 Å². The Bertz CT molecular complexity index is 957. The summed E-state index contributed by atoms with van der Waals surface area (Å²) < 4.78 is 22.7. The number of aliphatic hydroxyl groups is 1. The minimum absolute atomic E-state index is 0.327. The van der Waals surface area contributed by atoms with E-state index in [0.29, 0.717) is 23.7 Å². The number of fused-ring (bicyclic) bond motifs is 3. The molecule has 0 aliphatic carbocycles. The van der Waals surface area contributed by atoms with Crippen LogP contribution in [-0.4, -0.2) is 26.4 Å². The zero-order valence-electron chi connectivity index (χ0n) is 15.6. The summed E-state index contributed by atoms with van der Waals surface area (Å²) >= 11 is 0. The molecule has 1 heterocycles. The Morgan fingerprint density at radius 3 is 2.30 bits per heavy atom. The Morgan fingerprint density at radius 1 is 0.926 bits per heavy atom. The van der Waals surface area contributed by atoms with Gasteiger partial charge >= 0.3 is 0 Å². The van der Waals surface area contributed by atoms with Gasteiger partial charge in [-0.05, 0) is 17.5 Å². The second kappa shape index (κ2) is 7.00. The molecule has 0 saturated heterocycles. The summed E-state index contributed by atoms with van der Waals surface area (Å²) in [6.45, 7) is 0. The largest absolute Gasteiger partial charge is 0.493 e. The average Bonchev–Trinajstić information content (AvgIpc) is 2.72. The van der Waals surface area contributed by atoms with Gasteiger partial charge in [0.2, 0.25) is 5.75 Å². The predicted molar refractivity (Wildman–Crippen MR) is 103 cm³/mol. The Labute approximate surface area is 158 Å². The van der Waals surface area contributed by atoms with Crippen LogP contribution < -0.4 is 18.9 Å². The molecule has 0 spiro atoms. The normalized spacial score (nSPS) is 18.5. The number of aliphatic hydroxyl groups excluding tert-OH is 1. The van der Waals surface area contributed by atoms with E-state index in [1.807, 2.05) is 48.5 Å². The fourth-order valence-corrected chi connectivity index (χ4v) is 3.67. The second-order valence-corrected chi connectivity index (χ2v) is 6.52. The van der Waals surface area contributed by atoms with Crippen LogP contribution >= 0.6 is 0 Å². The van der Waals surface area contributed by atoms with Crippen molar-refractivity contribution < 1.29 is 24.1 Å². The van der Waals surface area contributed by atoms with Crippen LogP contribution in [0, 0.1) is 0 Å². The van der Waals surface area contributed by atoms with Crippen molar-refractivity contribution in [3.63, 3.8) is 0 Å². The van der Waals surface area contributed by atoms with Crippen LogP contribution in [0.25, 0.3) is 10.8 Å². The molecule has 3 aromatic carbocycles. The number of ether oxygens (including phenoxy) is 4. The number of rotatable bonds is 4. The van der Waals surface area contributed by atoms with E-state index < -0.39 is 6.10 Å². The number of methoxy groups -OCH3 is 3. The Morgan fingerprint density at radius 2 is 1.63 bits per heavy atom. The first-order valence-corrected chi connectivity index (χ1v) is 8.82. The maximum atomic E-state index is 10.7. The SMILES string of the molecule is COc1cc([C@@H]2CC(O)c3ccc4ccccc4c3O2)cc(OC)c1OC. The Kier molecular flexibility index (Phi) is 4.54. The maximum Gasteiger partial charge on any atom is 0.203 e. The molecular formula is C22H22O5. The zero-order chi connectivity index (χ0) is 19.0. The third-order valence-corrected chi connectivity index (χ3v) is 5.03.